The summed E-state index contributed by atoms with van der Waals surface area (Å²) >= 11 is 0. The Morgan fingerprint density at radius 1 is 1.21 bits per heavy atom. The van der Waals surface area contributed by atoms with Gasteiger partial charge in [-0.3, -0.25) is 9.78 Å². The third-order valence-electron chi connectivity index (χ3n) is 5.84. The first-order chi connectivity index (χ1) is 14.0. The molecule has 1 saturated heterocycles. The number of hydrogen-bond acceptors (Lipinski definition) is 6. The Bertz CT molecular complexity index is 1210. The van der Waals surface area contributed by atoms with Crippen LogP contribution in [0.4, 0.5) is 5.69 Å². The van der Waals surface area contributed by atoms with E-state index in [1.54, 1.807) is 25.4 Å². The zero-order valence-corrected chi connectivity index (χ0v) is 16.4. The number of benzene rings is 1. The summed E-state index contributed by atoms with van der Waals surface area (Å²) in [5.41, 5.74) is 1.15. The number of fused-ring (bicyclic) bond motifs is 2. The largest absolute Gasteiger partial charge is 0.360 e. The Balaban J connectivity index is 1.74. The molecule has 0 bridgehead atoms. The highest BCUT2D eigenvalue weighted by molar-refractivity contribution is 7.89. The van der Waals surface area contributed by atoms with Gasteiger partial charge in [0.1, 0.15) is 4.90 Å². The number of nitrogens with one attached hydrogen (secondary N) is 1. The van der Waals surface area contributed by atoms with E-state index < -0.39 is 21.5 Å². The van der Waals surface area contributed by atoms with E-state index in [1.807, 2.05) is 30.3 Å². The average molecular weight is 410 g/mol. The Kier molecular flexibility index (Phi) is 3.87. The molecule has 9 heteroatoms. The van der Waals surface area contributed by atoms with Crippen molar-refractivity contribution in [3.05, 3.63) is 71.9 Å². The maximum atomic E-state index is 13.5. The maximum Gasteiger partial charge on any atom is 0.248 e. The molecule has 2 aromatic heterocycles. The van der Waals surface area contributed by atoms with Gasteiger partial charge in [-0.1, -0.05) is 29.4 Å². The number of sulfonamides is 1. The second-order valence-electron chi connectivity index (χ2n) is 7.27. The van der Waals surface area contributed by atoms with Crippen molar-refractivity contribution in [3.63, 3.8) is 0 Å². The highest BCUT2D eigenvalue weighted by atomic mass is 32.2. The Hall–Kier alpha value is -3.04. The van der Waals surface area contributed by atoms with Gasteiger partial charge >= 0.3 is 0 Å². The average Bonchev–Trinajstić information content (AvgIpc) is 3.41. The van der Waals surface area contributed by atoms with Crippen molar-refractivity contribution in [2.45, 2.75) is 29.7 Å². The summed E-state index contributed by atoms with van der Waals surface area (Å²) in [6, 6.07) is 10.3. The van der Waals surface area contributed by atoms with E-state index in [0.29, 0.717) is 17.7 Å². The van der Waals surface area contributed by atoms with Crippen LogP contribution in [-0.4, -0.2) is 35.3 Å². The minimum Gasteiger partial charge on any atom is -0.360 e. The van der Waals surface area contributed by atoms with Crippen molar-refractivity contribution in [2.75, 3.05) is 11.9 Å². The van der Waals surface area contributed by atoms with E-state index >= 15 is 0 Å². The molecule has 0 saturated carbocycles. The van der Waals surface area contributed by atoms with Crippen LogP contribution in [0.2, 0.25) is 0 Å². The van der Waals surface area contributed by atoms with Crippen molar-refractivity contribution in [3.8, 4) is 0 Å². The molecule has 1 aromatic carbocycles. The van der Waals surface area contributed by atoms with Crippen molar-refractivity contribution in [1.82, 2.24) is 14.4 Å². The standard InChI is InChI=1S/C20H18N4O4S/c1-13-17(12-22-28-13)29(26,27)24-10-8-20(18(24)14-5-4-9-21-11-14)15-6-2-3-7-16(15)23-19(20)25/h2-7,9,11-12,18H,8,10H2,1H3,(H,23,25). The van der Waals surface area contributed by atoms with Crippen LogP contribution in [0.25, 0.3) is 0 Å². The molecule has 5 rings (SSSR count). The van der Waals surface area contributed by atoms with Gasteiger partial charge in [0.2, 0.25) is 15.9 Å². The molecule has 148 valence electrons. The number of carbonyl (C=O) groups is 1. The third-order valence-corrected chi connectivity index (χ3v) is 7.80. The molecule has 0 radical (unpaired) electrons. The molecule has 2 unspecified atom stereocenters. The summed E-state index contributed by atoms with van der Waals surface area (Å²) < 4.78 is 33.4. The summed E-state index contributed by atoms with van der Waals surface area (Å²) in [7, 11) is -3.94. The van der Waals surface area contributed by atoms with Gasteiger partial charge in [0.25, 0.3) is 0 Å². The second-order valence-corrected chi connectivity index (χ2v) is 9.13. The first-order valence-corrected chi connectivity index (χ1v) is 10.6. The number of pyridine rings is 1. The lowest BCUT2D eigenvalue weighted by atomic mass is 9.73. The van der Waals surface area contributed by atoms with Crippen LogP contribution in [-0.2, 0) is 20.2 Å². The number of nitrogens with zero attached hydrogens (tertiary/aromatic N) is 3. The van der Waals surface area contributed by atoms with Crippen LogP contribution in [0, 0.1) is 6.92 Å². The van der Waals surface area contributed by atoms with Crippen molar-refractivity contribution in [1.29, 1.82) is 0 Å². The molecule has 4 heterocycles. The van der Waals surface area contributed by atoms with Crippen molar-refractivity contribution >= 4 is 21.6 Å². The Labute approximate surface area is 167 Å². The lowest BCUT2D eigenvalue weighted by molar-refractivity contribution is -0.121. The molecule has 3 aromatic rings. The van der Waals surface area contributed by atoms with Crippen LogP contribution in [0.1, 0.15) is 29.3 Å². The first kappa shape index (κ1) is 18.0. The zero-order valence-electron chi connectivity index (χ0n) is 15.6. The molecular weight excluding hydrogens is 392 g/mol. The fourth-order valence-corrected chi connectivity index (χ4v) is 6.31. The lowest BCUT2D eigenvalue weighted by Gasteiger charge is -2.33. The van der Waals surface area contributed by atoms with Crippen LogP contribution >= 0.6 is 0 Å². The monoisotopic (exact) mass is 410 g/mol. The number of rotatable bonds is 3. The molecule has 2 aliphatic rings. The molecule has 1 spiro atoms. The number of aromatic nitrogens is 2. The Morgan fingerprint density at radius 2 is 2.03 bits per heavy atom. The molecule has 0 aliphatic carbocycles. The molecule has 1 amide bonds. The molecule has 29 heavy (non-hydrogen) atoms. The van der Waals surface area contributed by atoms with Gasteiger partial charge in [0.15, 0.2) is 5.76 Å². The van der Waals surface area contributed by atoms with Gasteiger partial charge in [0, 0.05) is 24.6 Å². The lowest BCUT2D eigenvalue weighted by Crippen LogP contribution is -2.42. The summed E-state index contributed by atoms with van der Waals surface area (Å²) in [5.74, 6) is 0.0134. The quantitative estimate of drug-likeness (QED) is 0.711. The highest BCUT2D eigenvalue weighted by Gasteiger charge is 2.61. The Morgan fingerprint density at radius 3 is 2.76 bits per heavy atom. The van der Waals surface area contributed by atoms with E-state index in [2.05, 4.69) is 15.5 Å². The molecule has 8 nitrogen and oxygen atoms in total. The maximum absolute atomic E-state index is 13.5. The van der Waals surface area contributed by atoms with E-state index in [4.69, 9.17) is 4.52 Å². The molecule has 1 fully saturated rings. The van der Waals surface area contributed by atoms with Crippen molar-refractivity contribution < 1.29 is 17.7 Å². The van der Waals surface area contributed by atoms with Gasteiger partial charge in [-0.05, 0) is 36.6 Å². The smallest absolute Gasteiger partial charge is 0.248 e. The second kappa shape index (κ2) is 6.23. The van der Waals surface area contributed by atoms with E-state index in [9.17, 15) is 13.2 Å². The van der Waals surface area contributed by atoms with Gasteiger partial charge in [0.05, 0.1) is 17.7 Å². The van der Waals surface area contributed by atoms with Gasteiger partial charge in [-0.2, -0.15) is 4.31 Å². The zero-order chi connectivity index (χ0) is 20.2. The molecule has 2 aliphatic heterocycles. The van der Waals surface area contributed by atoms with Crippen LogP contribution in [0.15, 0.2) is 64.4 Å². The number of para-hydroxylation sites is 1. The third kappa shape index (κ3) is 2.41. The molecule has 2 atom stereocenters. The van der Waals surface area contributed by atoms with Crippen molar-refractivity contribution in [2.24, 2.45) is 0 Å². The molecular formula is C20H18N4O4S. The minimum absolute atomic E-state index is 0.00938. The topological polar surface area (TPSA) is 105 Å². The van der Waals surface area contributed by atoms with E-state index in [0.717, 1.165) is 5.56 Å². The number of aryl methyl sites for hydroxylation is 1. The van der Waals surface area contributed by atoms with Crippen LogP contribution < -0.4 is 5.32 Å². The number of amides is 1. The number of hydrogen-bond donors (Lipinski definition) is 1. The SMILES string of the molecule is Cc1oncc1S(=O)(=O)N1CCC2(C(=O)Nc3ccccc32)C1c1cccnc1. The van der Waals surface area contributed by atoms with E-state index in [-0.39, 0.29) is 23.1 Å². The minimum atomic E-state index is -3.94. The predicted molar refractivity (Wildman–Crippen MR) is 103 cm³/mol. The van der Waals surface area contributed by atoms with Crippen LogP contribution in [0.3, 0.4) is 0 Å². The van der Waals surface area contributed by atoms with Gasteiger partial charge in [-0.15, -0.1) is 0 Å². The van der Waals surface area contributed by atoms with E-state index in [1.165, 1.54) is 10.5 Å². The normalized spacial score (nSPS) is 24.0. The fourth-order valence-electron chi connectivity index (χ4n) is 4.57. The molecule has 1 N–H and O–H groups in total. The van der Waals surface area contributed by atoms with Gasteiger partial charge in [-0.25, -0.2) is 8.42 Å². The number of carbonyl (C=O) groups excluding carboxylic acids is 1. The predicted octanol–water partition coefficient (Wildman–Crippen LogP) is 2.40. The highest BCUT2D eigenvalue weighted by Crippen LogP contribution is 2.55. The summed E-state index contributed by atoms with van der Waals surface area (Å²) in [5, 5.41) is 6.56. The van der Waals surface area contributed by atoms with Gasteiger partial charge < -0.3 is 9.84 Å². The summed E-state index contributed by atoms with van der Waals surface area (Å²) in [4.78, 5) is 17.5. The number of anilines is 1. The fraction of sp³-hybridized carbons (Fsp3) is 0.250. The summed E-state index contributed by atoms with van der Waals surface area (Å²) in [6.45, 7) is 1.75. The van der Waals surface area contributed by atoms with Crippen LogP contribution in [0.5, 0.6) is 0 Å². The first-order valence-electron chi connectivity index (χ1n) is 9.20. The summed E-state index contributed by atoms with van der Waals surface area (Å²) in [6.07, 6.45) is 4.81.